The SMILES string of the molecule is Cl.NCC(O)c1ccccc1C(F)(F)F. The number of nitrogens with two attached hydrogens (primary N) is 1. The van der Waals surface area contributed by atoms with Crippen LogP contribution in [0.4, 0.5) is 13.2 Å². The van der Waals surface area contributed by atoms with E-state index >= 15 is 0 Å². The third-order valence-corrected chi connectivity index (χ3v) is 1.85. The Balaban J connectivity index is 0.00000196. The Kier molecular flexibility index (Phi) is 5.07. The van der Waals surface area contributed by atoms with Gasteiger partial charge in [-0.1, -0.05) is 18.2 Å². The fraction of sp³-hybridized carbons (Fsp3) is 0.333. The smallest absolute Gasteiger partial charge is 0.387 e. The number of aliphatic hydroxyl groups excluding tert-OH is 1. The van der Waals surface area contributed by atoms with Gasteiger partial charge in [0, 0.05) is 6.54 Å². The van der Waals surface area contributed by atoms with E-state index in [0.29, 0.717) is 0 Å². The van der Waals surface area contributed by atoms with Crippen molar-refractivity contribution >= 4 is 12.4 Å². The molecule has 0 spiro atoms. The molecule has 0 aromatic heterocycles. The topological polar surface area (TPSA) is 46.2 Å². The molecule has 1 atom stereocenters. The quantitative estimate of drug-likeness (QED) is 0.833. The van der Waals surface area contributed by atoms with Crippen LogP contribution in [0, 0.1) is 0 Å². The van der Waals surface area contributed by atoms with Gasteiger partial charge in [-0.3, -0.25) is 0 Å². The molecule has 0 bridgehead atoms. The maximum absolute atomic E-state index is 12.4. The number of alkyl halides is 3. The summed E-state index contributed by atoms with van der Waals surface area (Å²) < 4.78 is 37.2. The van der Waals surface area contributed by atoms with Crippen molar-refractivity contribution in [3.8, 4) is 0 Å². The minimum atomic E-state index is -4.45. The van der Waals surface area contributed by atoms with E-state index < -0.39 is 17.8 Å². The van der Waals surface area contributed by atoms with Gasteiger partial charge in [-0.25, -0.2) is 0 Å². The molecule has 1 aromatic rings. The highest BCUT2D eigenvalue weighted by Crippen LogP contribution is 2.34. The largest absolute Gasteiger partial charge is 0.416 e. The molecular formula is C9H11ClF3NO. The summed E-state index contributed by atoms with van der Waals surface area (Å²) in [5, 5.41) is 9.25. The van der Waals surface area contributed by atoms with Crippen molar-refractivity contribution < 1.29 is 18.3 Å². The number of hydrogen-bond donors (Lipinski definition) is 2. The molecule has 1 aromatic carbocycles. The molecule has 3 N–H and O–H groups in total. The van der Waals surface area contributed by atoms with Gasteiger partial charge in [-0.2, -0.15) is 13.2 Å². The molecule has 86 valence electrons. The minimum Gasteiger partial charge on any atom is -0.387 e. The van der Waals surface area contributed by atoms with Gasteiger partial charge >= 0.3 is 6.18 Å². The Morgan fingerprint density at radius 3 is 2.27 bits per heavy atom. The summed E-state index contributed by atoms with van der Waals surface area (Å²) in [4.78, 5) is 0. The molecule has 0 heterocycles. The zero-order chi connectivity index (χ0) is 10.8. The average molecular weight is 242 g/mol. The lowest BCUT2D eigenvalue weighted by molar-refractivity contribution is -0.139. The lowest BCUT2D eigenvalue weighted by atomic mass is 10.0. The van der Waals surface area contributed by atoms with Crippen LogP contribution in [-0.2, 0) is 6.18 Å². The molecule has 0 saturated carbocycles. The molecule has 0 aliphatic heterocycles. The van der Waals surface area contributed by atoms with Crippen molar-refractivity contribution in [2.75, 3.05) is 6.54 Å². The molecule has 1 unspecified atom stereocenters. The van der Waals surface area contributed by atoms with Crippen LogP contribution in [0.2, 0.25) is 0 Å². The highest BCUT2D eigenvalue weighted by atomic mass is 35.5. The highest BCUT2D eigenvalue weighted by molar-refractivity contribution is 5.85. The lowest BCUT2D eigenvalue weighted by Gasteiger charge is -2.15. The molecule has 0 saturated heterocycles. The van der Waals surface area contributed by atoms with E-state index in [-0.39, 0.29) is 24.5 Å². The van der Waals surface area contributed by atoms with E-state index in [2.05, 4.69) is 0 Å². The summed E-state index contributed by atoms with van der Waals surface area (Å²) in [6.07, 6.45) is -5.72. The van der Waals surface area contributed by atoms with Crippen molar-refractivity contribution in [2.24, 2.45) is 5.73 Å². The zero-order valence-corrected chi connectivity index (χ0v) is 8.48. The fourth-order valence-electron chi connectivity index (χ4n) is 1.17. The summed E-state index contributed by atoms with van der Waals surface area (Å²) in [5.41, 5.74) is 4.09. The lowest BCUT2D eigenvalue weighted by Crippen LogP contribution is -2.17. The van der Waals surface area contributed by atoms with Crippen molar-refractivity contribution in [3.05, 3.63) is 35.4 Å². The first kappa shape index (κ1) is 14.2. The molecule has 0 radical (unpaired) electrons. The van der Waals surface area contributed by atoms with Crippen LogP contribution in [-0.4, -0.2) is 11.7 Å². The third kappa shape index (κ3) is 3.37. The molecule has 2 nitrogen and oxygen atoms in total. The van der Waals surface area contributed by atoms with E-state index in [9.17, 15) is 18.3 Å². The van der Waals surface area contributed by atoms with Crippen LogP contribution in [0.5, 0.6) is 0 Å². The molecule has 0 aliphatic carbocycles. The van der Waals surface area contributed by atoms with Crippen LogP contribution < -0.4 is 5.73 Å². The first-order valence-corrected chi connectivity index (χ1v) is 4.01. The van der Waals surface area contributed by atoms with Gasteiger partial charge in [-0.15, -0.1) is 12.4 Å². The van der Waals surface area contributed by atoms with Crippen molar-refractivity contribution in [3.63, 3.8) is 0 Å². The van der Waals surface area contributed by atoms with Crippen LogP contribution >= 0.6 is 12.4 Å². The maximum atomic E-state index is 12.4. The summed E-state index contributed by atoms with van der Waals surface area (Å²) in [7, 11) is 0. The molecule has 0 fully saturated rings. The van der Waals surface area contributed by atoms with Crippen LogP contribution in [0.25, 0.3) is 0 Å². The van der Waals surface area contributed by atoms with Crippen LogP contribution in [0.15, 0.2) is 24.3 Å². The minimum absolute atomic E-state index is 0. The number of benzene rings is 1. The Bertz CT molecular complexity index is 316. The van der Waals surface area contributed by atoms with Crippen molar-refractivity contribution in [1.82, 2.24) is 0 Å². The number of rotatable bonds is 2. The monoisotopic (exact) mass is 241 g/mol. The second kappa shape index (κ2) is 5.34. The summed E-state index contributed by atoms with van der Waals surface area (Å²) in [6.45, 7) is -0.229. The molecule has 1 rings (SSSR count). The maximum Gasteiger partial charge on any atom is 0.416 e. The number of aliphatic hydroxyl groups is 1. The Labute approximate surface area is 91.3 Å². The number of hydrogen-bond acceptors (Lipinski definition) is 2. The average Bonchev–Trinajstić information content (AvgIpc) is 2.15. The predicted octanol–water partition coefficient (Wildman–Crippen LogP) is 2.12. The van der Waals surface area contributed by atoms with E-state index in [4.69, 9.17) is 5.73 Å². The van der Waals surface area contributed by atoms with Gasteiger partial charge in [0.1, 0.15) is 0 Å². The predicted molar refractivity (Wildman–Crippen MR) is 52.7 cm³/mol. The fourth-order valence-corrected chi connectivity index (χ4v) is 1.17. The summed E-state index contributed by atoms with van der Waals surface area (Å²) >= 11 is 0. The Hall–Kier alpha value is -0.780. The Morgan fingerprint density at radius 2 is 1.80 bits per heavy atom. The Morgan fingerprint density at radius 1 is 1.27 bits per heavy atom. The van der Waals surface area contributed by atoms with Gasteiger partial charge in [0.05, 0.1) is 11.7 Å². The number of halogens is 4. The molecule has 0 aliphatic rings. The van der Waals surface area contributed by atoms with Crippen LogP contribution in [0.1, 0.15) is 17.2 Å². The van der Waals surface area contributed by atoms with Gasteiger partial charge in [-0.05, 0) is 11.6 Å². The van der Waals surface area contributed by atoms with E-state index in [1.807, 2.05) is 0 Å². The third-order valence-electron chi connectivity index (χ3n) is 1.85. The molecule has 0 amide bonds. The van der Waals surface area contributed by atoms with Gasteiger partial charge < -0.3 is 10.8 Å². The highest BCUT2D eigenvalue weighted by Gasteiger charge is 2.34. The van der Waals surface area contributed by atoms with Gasteiger partial charge in [0.2, 0.25) is 0 Å². The second-order valence-electron chi connectivity index (χ2n) is 2.84. The first-order chi connectivity index (χ1) is 6.46. The van der Waals surface area contributed by atoms with Crippen LogP contribution in [0.3, 0.4) is 0 Å². The standard InChI is InChI=1S/C9H10F3NO.ClH/c10-9(11,12)7-4-2-1-3-6(7)8(14)5-13;/h1-4,8,14H,5,13H2;1H. The van der Waals surface area contributed by atoms with Crippen molar-refractivity contribution in [2.45, 2.75) is 12.3 Å². The van der Waals surface area contributed by atoms with Crippen molar-refractivity contribution in [1.29, 1.82) is 0 Å². The van der Waals surface area contributed by atoms with E-state index in [1.54, 1.807) is 0 Å². The summed E-state index contributed by atoms with van der Waals surface area (Å²) in [5.74, 6) is 0. The first-order valence-electron chi connectivity index (χ1n) is 4.01. The van der Waals surface area contributed by atoms with Gasteiger partial charge in [0.25, 0.3) is 0 Å². The van der Waals surface area contributed by atoms with Gasteiger partial charge in [0.15, 0.2) is 0 Å². The molecular weight excluding hydrogens is 231 g/mol. The van der Waals surface area contributed by atoms with E-state index in [0.717, 1.165) is 6.07 Å². The molecule has 6 heteroatoms. The zero-order valence-electron chi connectivity index (χ0n) is 7.66. The summed E-state index contributed by atoms with van der Waals surface area (Å²) in [6, 6.07) is 4.85. The normalized spacial score (nSPS) is 13.1. The second-order valence-corrected chi connectivity index (χ2v) is 2.84. The van der Waals surface area contributed by atoms with E-state index in [1.165, 1.54) is 18.2 Å². The molecule has 15 heavy (non-hydrogen) atoms.